The van der Waals surface area contributed by atoms with Gasteiger partial charge in [-0.2, -0.15) is 0 Å². The Morgan fingerprint density at radius 3 is 2.42 bits per heavy atom. The van der Waals surface area contributed by atoms with Gasteiger partial charge in [0.1, 0.15) is 11.5 Å². The summed E-state index contributed by atoms with van der Waals surface area (Å²) in [5, 5.41) is 11.4. The van der Waals surface area contributed by atoms with Gasteiger partial charge in [-0.15, -0.1) is 0 Å². The molecule has 164 valence electrons. The molecule has 3 rings (SSSR count). The third-order valence-corrected chi connectivity index (χ3v) is 5.79. The molecule has 2 aromatic rings. The summed E-state index contributed by atoms with van der Waals surface area (Å²) < 4.78 is 5.23. The van der Waals surface area contributed by atoms with Crippen molar-refractivity contribution < 1.29 is 19.4 Å². The number of ketones is 1. The van der Waals surface area contributed by atoms with Crippen molar-refractivity contribution in [1.29, 1.82) is 0 Å². The fourth-order valence-corrected chi connectivity index (χ4v) is 3.87. The van der Waals surface area contributed by atoms with E-state index in [1.165, 1.54) is 12.0 Å². The Hall–Kier alpha value is -2.83. The standard InChI is InChI=1S/C24H27ClN2O4/c1-5-15-6-8-16(9-7-15)21-20(23(29)24(30)27(21)13-12-26(2)3)22(28)18-14-17(31-4)10-11-19(18)25/h6-11,14,21,28H,5,12-13H2,1-4H3/b22-20+. The van der Waals surface area contributed by atoms with Gasteiger partial charge in [-0.3, -0.25) is 9.59 Å². The van der Waals surface area contributed by atoms with Gasteiger partial charge in [0, 0.05) is 18.7 Å². The fraction of sp³-hybridized carbons (Fsp3) is 0.333. The normalized spacial score (nSPS) is 18.1. The Bertz CT molecular complexity index is 1010. The first kappa shape index (κ1) is 22.8. The number of ether oxygens (including phenoxy) is 1. The lowest BCUT2D eigenvalue weighted by atomic mass is 9.94. The SMILES string of the molecule is CCc1ccc(C2/C(=C(\O)c3cc(OC)ccc3Cl)C(=O)C(=O)N2CCN(C)C)cc1. The Kier molecular flexibility index (Phi) is 7.03. The van der Waals surface area contributed by atoms with Crippen LogP contribution in [0, 0.1) is 0 Å². The van der Waals surface area contributed by atoms with E-state index in [9.17, 15) is 14.7 Å². The Balaban J connectivity index is 2.18. The number of halogens is 1. The van der Waals surface area contributed by atoms with Crippen LogP contribution in [0.5, 0.6) is 5.75 Å². The smallest absolute Gasteiger partial charge is 0.295 e. The van der Waals surface area contributed by atoms with E-state index in [1.54, 1.807) is 18.2 Å². The third-order valence-electron chi connectivity index (χ3n) is 5.46. The highest BCUT2D eigenvalue weighted by molar-refractivity contribution is 6.47. The number of carbonyl (C=O) groups is 2. The van der Waals surface area contributed by atoms with E-state index >= 15 is 0 Å². The van der Waals surface area contributed by atoms with Crippen LogP contribution in [0.3, 0.4) is 0 Å². The molecule has 31 heavy (non-hydrogen) atoms. The molecule has 6 nitrogen and oxygen atoms in total. The van der Waals surface area contributed by atoms with Crippen LogP contribution in [-0.4, -0.2) is 60.9 Å². The van der Waals surface area contributed by atoms with Gasteiger partial charge in [0.2, 0.25) is 0 Å². The van der Waals surface area contributed by atoms with E-state index in [0.717, 1.165) is 17.5 Å². The second-order valence-corrected chi connectivity index (χ2v) is 8.14. The predicted molar refractivity (Wildman–Crippen MR) is 121 cm³/mol. The van der Waals surface area contributed by atoms with Crippen molar-refractivity contribution in [1.82, 2.24) is 9.80 Å². The molecule has 1 aliphatic heterocycles. The molecule has 1 saturated heterocycles. The minimum Gasteiger partial charge on any atom is -0.507 e. The van der Waals surface area contributed by atoms with Crippen LogP contribution in [-0.2, 0) is 16.0 Å². The van der Waals surface area contributed by atoms with Gasteiger partial charge >= 0.3 is 0 Å². The summed E-state index contributed by atoms with van der Waals surface area (Å²) in [5.41, 5.74) is 2.19. The number of aliphatic hydroxyl groups is 1. The summed E-state index contributed by atoms with van der Waals surface area (Å²) in [4.78, 5) is 29.4. The average molecular weight is 443 g/mol. The maximum atomic E-state index is 13.1. The Morgan fingerprint density at radius 1 is 1.16 bits per heavy atom. The number of Topliss-reactive ketones (excluding diaryl/α,β-unsaturated/α-hetero) is 1. The highest BCUT2D eigenvalue weighted by Crippen LogP contribution is 2.41. The zero-order valence-electron chi connectivity index (χ0n) is 18.2. The van der Waals surface area contributed by atoms with Gasteiger partial charge in [0.15, 0.2) is 0 Å². The number of benzene rings is 2. The van der Waals surface area contributed by atoms with Crippen LogP contribution in [0.25, 0.3) is 5.76 Å². The van der Waals surface area contributed by atoms with Crippen molar-refractivity contribution >= 4 is 29.1 Å². The van der Waals surface area contributed by atoms with E-state index in [-0.39, 0.29) is 21.9 Å². The molecule has 1 amide bonds. The molecule has 0 aliphatic carbocycles. The number of methoxy groups -OCH3 is 1. The number of hydrogen-bond acceptors (Lipinski definition) is 5. The van der Waals surface area contributed by atoms with Crippen molar-refractivity contribution in [2.24, 2.45) is 0 Å². The van der Waals surface area contributed by atoms with E-state index in [2.05, 4.69) is 6.92 Å². The molecule has 0 radical (unpaired) electrons. The number of hydrogen-bond donors (Lipinski definition) is 1. The summed E-state index contributed by atoms with van der Waals surface area (Å²) in [6.45, 7) is 2.99. The van der Waals surface area contributed by atoms with Crippen molar-refractivity contribution in [3.8, 4) is 5.75 Å². The zero-order chi connectivity index (χ0) is 22.7. The fourth-order valence-electron chi connectivity index (χ4n) is 3.66. The topological polar surface area (TPSA) is 70.1 Å². The number of carbonyl (C=O) groups excluding carboxylic acids is 2. The number of likely N-dealkylation sites (N-methyl/N-ethyl adjacent to an activating group) is 1. The van der Waals surface area contributed by atoms with Crippen LogP contribution in [0.15, 0.2) is 48.0 Å². The predicted octanol–water partition coefficient (Wildman–Crippen LogP) is 3.89. The first-order valence-electron chi connectivity index (χ1n) is 10.1. The second-order valence-electron chi connectivity index (χ2n) is 7.74. The van der Waals surface area contributed by atoms with Crippen molar-refractivity contribution in [2.45, 2.75) is 19.4 Å². The van der Waals surface area contributed by atoms with E-state index in [4.69, 9.17) is 16.3 Å². The molecular formula is C24H27ClN2O4. The average Bonchev–Trinajstić information content (AvgIpc) is 3.02. The monoisotopic (exact) mass is 442 g/mol. The summed E-state index contributed by atoms with van der Waals surface area (Å²) >= 11 is 6.32. The molecule has 1 N–H and O–H groups in total. The summed E-state index contributed by atoms with van der Waals surface area (Å²) in [6, 6.07) is 11.9. The number of aryl methyl sites for hydroxylation is 1. The second kappa shape index (κ2) is 9.54. The van der Waals surface area contributed by atoms with Crippen LogP contribution in [0.2, 0.25) is 5.02 Å². The third kappa shape index (κ3) is 4.60. The van der Waals surface area contributed by atoms with Crippen LogP contribution < -0.4 is 4.74 Å². The molecule has 1 atom stereocenters. The first-order valence-corrected chi connectivity index (χ1v) is 10.5. The van der Waals surface area contributed by atoms with Crippen molar-refractivity contribution in [3.05, 3.63) is 69.8 Å². The zero-order valence-corrected chi connectivity index (χ0v) is 18.9. The summed E-state index contributed by atoms with van der Waals surface area (Å²) in [5.74, 6) is -1.18. The van der Waals surface area contributed by atoms with Crippen molar-refractivity contribution in [3.63, 3.8) is 0 Å². The van der Waals surface area contributed by atoms with Gasteiger partial charge in [0.05, 0.1) is 23.7 Å². The lowest BCUT2D eigenvalue weighted by Gasteiger charge is -2.26. The van der Waals surface area contributed by atoms with E-state index in [1.807, 2.05) is 43.3 Å². The first-order chi connectivity index (χ1) is 14.8. The van der Waals surface area contributed by atoms with E-state index in [0.29, 0.717) is 18.8 Å². The van der Waals surface area contributed by atoms with Gasteiger partial charge in [-0.1, -0.05) is 42.8 Å². The highest BCUT2D eigenvalue weighted by atomic mass is 35.5. The molecule has 1 aliphatic rings. The minimum absolute atomic E-state index is 0.0307. The number of nitrogens with zero attached hydrogens (tertiary/aromatic N) is 2. The molecule has 0 saturated carbocycles. The molecule has 1 fully saturated rings. The lowest BCUT2D eigenvalue weighted by molar-refractivity contribution is -0.140. The molecule has 1 unspecified atom stereocenters. The largest absolute Gasteiger partial charge is 0.507 e. The molecule has 1 heterocycles. The van der Waals surface area contributed by atoms with E-state index < -0.39 is 17.7 Å². The van der Waals surface area contributed by atoms with Gasteiger partial charge in [-0.25, -0.2) is 0 Å². The van der Waals surface area contributed by atoms with Crippen LogP contribution >= 0.6 is 11.6 Å². The number of rotatable bonds is 7. The number of aliphatic hydroxyl groups excluding tert-OH is 1. The molecule has 2 aromatic carbocycles. The molecule has 0 aromatic heterocycles. The van der Waals surface area contributed by atoms with Gasteiger partial charge in [-0.05, 0) is 49.8 Å². The quantitative estimate of drug-likeness (QED) is 0.400. The van der Waals surface area contributed by atoms with Crippen molar-refractivity contribution in [2.75, 3.05) is 34.3 Å². The molecule has 7 heteroatoms. The maximum absolute atomic E-state index is 13.1. The number of likely N-dealkylation sites (tertiary alicyclic amines) is 1. The molecule has 0 bridgehead atoms. The highest BCUT2D eigenvalue weighted by Gasteiger charge is 2.46. The van der Waals surface area contributed by atoms with Gasteiger partial charge in [0.25, 0.3) is 11.7 Å². The van der Waals surface area contributed by atoms with Gasteiger partial charge < -0.3 is 19.6 Å². The maximum Gasteiger partial charge on any atom is 0.295 e. The number of amides is 1. The van der Waals surface area contributed by atoms with Crippen LogP contribution in [0.1, 0.15) is 29.7 Å². The summed E-state index contributed by atoms with van der Waals surface area (Å²) in [6.07, 6.45) is 0.876. The lowest BCUT2D eigenvalue weighted by Crippen LogP contribution is -2.35. The minimum atomic E-state index is -0.722. The molecule has 0 spiro atoms. The Labute approximate surface area is 187 Å². The van der Waals surface area contributed by atoms with Crippen LogP contribution in [0.4, 0.5) is 0 Å². The Morgan fingerprint density at radius 2 is 1.84 bits per heavy atom. The molecular weight excluding hydrogens is 416 g/mol. The summed E-state index contributed by atoms with van der Waals surface area (Å²) in [7, 11) is 5.30.